The number of fused-ring (bicyclic) bond motifs is 1. The van der Waals surface area contributed by atoms with Gasteiger partial charge in [0.25, 0.3) is 0 Å². The standard InChI is InChI=1S/C44H47N3O6/c1-50-41-22-36-18-19-47(27-38(36)23-42(41)51-2)28-39-24-40(33-16-14-31(29-48)15-17-33)53-43(52-39)37-13-7-12-35(21-37)34-11-6-10-32(20-34)26-46-44(49)45-25-30-8-4-3-5-9-30/h3-17,20-23,39-40,43,48H,18-19,24-29H2,1-2H3,(H2,45,46,49). The molecule has 2 amide bonds. The molecule has 274 valence electrons. The number of methoxy groups -OCH3 is 2. The van der Waals surface area contributed by atoms with Crippen LogP contribution in [-0.2, 0) is 42.1 Å². The van der Waals surface area contributed by atoms with Gasteiger partial charge in [0, 0.05) is 44.7 Å². The maximum atomic E-state index is 12.5. The number of carbonyl (C=O) groups excluding carboxylic acids is 1. The molecule has 2 aliphatic heterocycles. The van der Waals surface area contributed by atoms with Crippen molar-refractivity contribution in [1.82, 2.24) is 15.5 Å². The van der Waals surface area contributed by atoms with Crippen LogP contribution in [0.15, 0.2) is 115 Å². The smallest absolute Gasteiger partial charge is 0.315 e. The normalized spacial score (nSPS) is 18.5. The summed E-state index contributed by atoms with van der Waals surface area (Å²) >= 11 is 0. The van der Waals surface area contributed by atoms with E-state index in [9.17, 15) is 9.90 Å². The Morgan fingerprint density at radius 2 is 1.42 bits per heavy atom. The van der Waals surface area contributed by atoms with E-state index in [0.29, 0.717) is 19.5 Å². The third-order valence-corrected chi connectivity index (χ3v) is 10.0. The summed E-state index contributed by atoms with van der Waals surface area (Å²) in [6.45, 7) is 3.34. The average molecular weight is 714 g/mol. The molecule has 1 saturated heterocycles. The van der Waals surface area contributed by atoms with Gasteiger partial charge in [0.2, 0.25) is 0 Å². The first-order valence-electron chi connectivity index (χ1n) is 18.2. The minimum atomic E-state index is -0.573. The van der Waals surface area contributed by atoms with Gasteiger partial charge >= 0.3 is 6.03 Å². The third kappa shape index (κ3) is 9.07. The van der Waals surface area contributed by atoms with Crippen LogP contribution in [0, 0.1) is 0 Å². The van der Waals surface area contributed by atoms with Crippen molar-refractivity contribution in [3.8, 4) is 22.6 Å². The Balaban J connectivity index is 1.06. The highest BCUT2D eigenvalue weighted by molar-refractivity contribution is 5.74. The first-order chi connectivity index (χ1) is 26.0. The Morgan fingerprint density at radius 1 is 0.736 bits per heavy atom. The fourth-order valence-electron chi connectivity index (χ4n) is 7.17. The van der Waals surface area contributed by atoms with Gasteiger partial charge in [-0.1, -0.05) is 91.0 Å². The zero-order valence-electron chi connectivity index (χ0n) is 30.3. The lowest BCUT2D eigenvalue weighted by molar-refractivity contribution is -0.253. The first kappa shape index (κ1) is 36.2. The molecule has 2 heterocycles. The topological polar surface area (TPSA) is 102 Å². The Kier molecular flexibility index (Phi) is 11.7. The molecule has 53 heavy (non-hydrogen) atoms. The lowest BCUT2D eigenvalue weighted by atomic mass is 9.96. The maximum Gasteiger partial charge on any atom is 0.315 e. The summed E-state index contributed by atoms with van der Waals surface area (Å²) < 4.78 is 24.6. The molecule has 5 aromatic rings. The number of aliphatic hydroxyl groups excluding tert-OH is 1. The van der Waals surface area contributed by atoms with Crippen LogP contribution < -0.4 is 20.1 Å². The van der Waals surface area contributed by atoms with E-state index >= 15 is 0 Å². The molecule has 3 unspecified atom stereocenters. The molecule has 1 fully saturated rings. The van der Waals surface area contributed by atoms with Crippen LogP contribution in [0.3, 0.4) is 0 Å². The van der Waals surface area contributed by atoms with Crippen molar-refractivity contribution >= 4 is 6.03 Å². The van der Waals surface area contributed by atoms with E-state index in [1.165, 1.54) is 11.1 Å². The lowest BCUT2D eigenvalue weighted by Gasteiger charge is -2.39. The first-order valence-corrected chi connectivity index (χ1v) is 18.2. The van der Waals surface area contributed by atoms with E-state index in [1.807, 2.05) is 72.8 Å². The SMILES string of the molecule is COc1cc2c(cc1OC)CN(CC1CC(c3ccc(CO)cc3)OC(c3cccc(-c4cccc(CNC(=O)NCc5ccccc5)c4)c3)O1)CC2. The van der Waals surface area contributed by atoms with E-state index in [1.54, 1.807) is 14.2 Å². The fraction of sp³-hybridized carbons (Fsp3) is 0.295. The highest BCUT2D eigenvalue weighted by atomic mass is 16.7. The molecule has 0 spiro atoms. The largest absolute Gasteiger partial charge is 0.493 e. The Hall–Kier alpha value is -5.19. The number of urea groups is 1. The van der Waals surface area contributed by atoms with Gasteiger partial charge in [0.15, 0.2) is 17.8 Å². The number of aliphatic hydroxyl groups is 1. The number of carbonyl (C=O) groups is 1. The molecule has 3 N–H and O–H groups in total. The Morgan fingerprint density at radius 3 is 2.15 bits per heavy atom. The van der Waals surface area contributed by atoms with Gasteiger partial charge in [0.05, 0.1) is 33.0 Å². The zero-order chi connectivity index (χ0) is 36.6. The van der Waals surface area contributed by atoms with Crippen molar-refractivity contribution in [2.45, 2.75) is 57.6 Å². The van der Waals surface area contributed by atoms with Gasteiger partial charge in [0.1, 0.15) is 0 Å². The number of nitrogens with zero attached hydrogens (tertiary/aromatic N) is 1. The molecule has 9 heteroatoms. The maximum absolute atomic E-state index is 12.5. The number of nitrogens with one attached hydrogen (secondary N) is 2. The number of hydrogen-bond acceptors (Lipinski definition) is 7. The van der Waals surface area contributed by atoms with E-state index < -0.39 is 6.29 Å². The average Bonchev–Trinajstić information content (AvgIpc) is 3.22. The van der Waals surface area contributed by atoms with Crippen LogP contribution in [0.1, 0.15) is 57.8 Å². The van der Waals surface area contributed by atoms with Gasteiger partial charge < -0.3 is 34.7 Å². The molecule has 0 radical (unpaired) electrons. The Labute approximate surface area is 311 Å². The van der Waals surface area contributed by atoms with Crippen molar-refractivity contribution in [2.75, 3.05) is 27.3 Å². The molecule has 0 saturated carbocycles. The predicted octanol–water partition coefficient (Wildman–Crippen LogP) is 7.47. The molecular formula is C44H47N3O6. The number of benzene rings is 5. The minimum Gasteiger partial charge on any atom is -0.493 e. The molecule has 2 aliphatic rings. The quantitative estimate of drug-likeness (QED) is 0.123. The van der Waals surface area contributed by atoms with E-state index in [4.69, 9.17) is 18.9 Å². The van der Waals surface area contributed by atoms with Crippen molar-refractivity contribution in [3.05, 3.63) is 154 Å². The summed E-state index contributed by atoms with van der Waals surface area (Å²) in [5, 5.41) is 15.5. The van der Waals surface area contributed by atoms with Crippen LogP contribution in [-0.4, -0.2) is 49.5 Å². The summed E-state index contributed by atoms with van der Waals surface area (Å²) in [6.07, 6.45) is 0.792. The van der Waals surface area contributed by atoms with Crippen molar-refractivity contribution in [3.63, 3.8) is 0 Å². The molecule has 5 aromatic carbocycles. The van der Waals surface area contributed by atoms with Crippen LogP contribution in [0.2, 0.25) is 0 Å². The lowest BCUT2D eigenvalue weighted by Crippen LogP contribution is -2.41. The predicted molar refractivity (Wildman–Crippen MR) is 204 cm³/mol. The van der Waals surface area contributed by atoms with Gasteiger partial charge in [-0.05, 0) is 75.2 Å². The van der Waals surface area contributed by atoms with E-state index in [2.05, 4.69) is 58.0 Å². The van der Waals surface area contributed by atoms with Crippen molar-refractivity contribution in [1.29, 1.82) is 0 Å². The zero-order valence-corrected chi connectivity index (χ0v) is 30.3. The molecule has 3 atom stereocenters. The summed E-state index contributed by atoms with van der Waals surface area (Å²) in [7, 11) is 3.35. The van der Waals surface area contributed by atoms with Gasteiger partial charge in [-0.3, -0.25) is 4.90 Å². The van der Waals surface area contributed by atoms with Crippen molar-refractivity contribution < 1.29 is 28.8 Å². The summed E-state index contributed by atoms with van der Waals surface area (Å²) in [5.41, 5.74) is 9.52. The second-order valence-electron chi connectivity index (χ2n) is 13.7. The van der Waals surface area contributed by atoms with Crippen LogP contribution in [0.4, 0.5) is 4.79 Å². The second-order valence-corrected chi connectivity index (χ2v) is 13.7. The van der Waals surface area contributed by atoms with Gasteiger partial charge in [-0.15, -0.1) is 0 Å². The molecule has 0 aromatic heterocycles. The summed E-state index contributed by atoms with van der Waals surface area (Å²) in [5.74, 6) is 1.51. The highest BCUT2D eigenvalue weighted by Gasteiger charge is 2.34. The van der Waals surface area contributed by atoms with Crippen LogP contribution in [0.25, 0.3) is 11.1 Å². The monoisotopic (exact) mass is 713 g/mol. The second kappa shape index (κ2) is 17.1. The van der Waals surface area contributed by atoms with Crippen molar-refractivity contribution in [2.24, 2.45) is 0 Å². The van der Waals surface area contributed by atoms with E-state index in [-0.39, 0.29) is 24.8 Å². The number of rotatable bonds is 12. The Bertz CT molecular complexity index is 1990. The molecule has 7 rings (SSSR count). The van der Waals surface area contributed by atoms with Gasteiger partial charge in [-0.2, -0.15) is 0 Å². The third-order valence-electron chi connectivity index (χ3n) is 10.0. The number of ether oxygens (including phenoxy) is 4. The minimum absolute atomic E-state index is 0.00122. The molecular weight excluding hydrogens is 666 g/mol. The summed E-state index contributed by atoms with van der Waals surface area (Å²) in [4.78, 5) is 15.0. The molecule has 0 bridgehead atoms. The molecule has 9 nitrogen and oxygen atoms in total. The molecule has 0 aliphatic carbocycles. The number of amides is 2. The summed E-state index contributed by atoms with van der Waals surface area (Å²) in [6, 6.07) is 38.4. The van der Waals surface area contributed by atoms with Crippen LogP contribution >= 0.6 is 0 Å². The highest BCUT2D eigenvalue weighted by Crippen LogP contribution is 2.40. The number of hydrogen-bond donors (Lipinski definition) is 3. The van der Waals surface area contributed by atoms with E-state index in [0.717, 1.165) is 76.5 Å². The fourth-order valence-corrected chi connectivity index (χ4v) is 7.17. The van der Waals surface area contributed by atoms with Crippen LogP contribution in [0.5, 0.6) is 11.5 Å². The van der Waals surface area contributed by atoms with Gasteiger partial charge in [-0.25, -0.2) is 4.79 Å².